The second-order valence-corrected chi connectivity index (χ2v) is 2.57. The first kappa shape index (κ1) is 11.3. The summed E-state index contributed by atoms with van der Waals surface area (Å²) in [5, 5.41) is 5.76. The molecule has 1 aromatic rings. The van der Waals surface area contributed by atoms with Crippen molar-refractivity contribution in [1.82, 2.24) is 0 Å². The SMILES string of the molecule is [N-]=[N+]=NC(=O)c1ccc(C(=O)N=[N+]=[N-])cc1. The number of azide groups is 2. The van der Waals surface area contributed by atoms with Gasteiger partial charge < -0.3 is 0 Å². The van der Waals surface area contributed by atoms with Gasteiger partial charge in [-0.3, -0.25) is 9.59 Å². The molecule has 0 N–H and O–H groups in total. The molecule has 78 valence electrons. The van der Waals surface area contributed by atoms with Crippen molar-refractivity contribution in [3.05, 3.63) is 56.3 Å². The maximum atomic E-state index is 11.1. The van der Waals surface area contributed by atoms with Crippen molar-refractivity contribution < 1.29 is 9.59 Å². The summed E-state index contributed by atoms with van der Waals surface area (Å²) in [6.07, 6.45) is 0. The molecular weight excluding hydrogens is 212 g/mol. The third kappa shape index (κ3) is 2.58. The highest BCUT2D eigenvalue weighted by Crippen LogP contribution is 2.07. The minimum absolute atomic E-state index is 0.148. The molecule has 0 atom stereocenters. The second-order valence-electron chi connectivity index (χ2n) is 2.57. The number of carbonyl (C=O) groups is 2. The van der Waals surface area contributed by atoms with Gasteiger partial charge in [0.15, 0.2) is 0 Å². The molecular formula is C8H4N6O2. The van der Waals surface area contributed by atoms with E-state index in [4.69, 9.17) is 11.1 Å². The Morgan fingerprint density at radius 3 is 1.44 bits per heavy atom. The van der Waals surface area contributed by atoms with E-state index in [1.807, 2.05) is 0 Å². The lowest BCUT2D eigenvalue weighted by Gasteiger charge is -1.96. The lowest BCUT2D eigenvalue weighted by molar-refractivity contribution is 0.0988. The highest BCUT2D eigenvalue weighted by atomic mass is 16.2. The van der Waals surface area contributed by atoms with Gasteiger partial charge in [-0.2, -0.15) is 0 Å². The molecule has 2 amide bonds. The molecule has 0 heterocycles. The fraction of sp³-hybridized carbons (Fsp3) is 0. The van der Waals surface area contributed by atoms with Crippen LogP contribution in [0.25, 0.3) is 20.9 Å². The molecule has 0 unspecified atom stereocenters. The number of nitrogens with zero attached hydrogens (tertiary/aromatic N) is 6. The van der Waals surface area contributed by atoms with Crippen LogP contribution in [0.1, 0.15) is 20.7 Å². The number of hydrogen-bond acceptors (Lipinski definition) is 2. The zero-order valence-electron chi connectivity index (χ0n) is 7.81. The molecule has 0 bridgehead atoms. The summed E-state index contributed by atoms with van der Waals surface area (Å²) in [5.41, 5.74) is 16.4. The van der Waals surface area contributed by atoms with Crippen LogP contribution in [0.15, 0.2) is 34.5 Å². The van der Waals surface area contributed by atoms with Crippen molar-refractivity contribution in [1.29, 1.82) is 0 Å². The van der Waals surface area contributed by atoms with Gasteiger partial charge in [-0.25, -0.2) is 0 Å². The Kier molecular flexibility index (Phi) is 3.63. The van der Waals surface area contributed by atoms with Crippen molar-refractivity contribution in [2.24, 2.45) is 10.2 Å². The zero-order chi connectivity index (χ0) is 12.0. The van der Waals surface area contributed by atoms with Crippen LogP contribution < -0.4 is 0 Å². The smallest absolute Gasteiger partial charge is 0.249 e. The Morgan fingerprint density at radius 1 is 0.875 bits per heavy atom. The summed E-state index contributed by atoms with van der Waals surface area (Å²) in [6, 6.07) is 5.21. The summed E-state index contributed by atoms with van der Waals surface area (Å²) < 4.78 is 0. The van der Waals surface area contributed by atoms with Crippen molar-refractivity contribution in [3.8, 4) is 0 Å². The number of benzene rings is 1. The van der Waals surface area contributed by atoms with Crippen molar-refractivity contribution >= 4 is 11.8 Å². The molecule has 16 heavy (non-hydrogen) atoms. The van der Waals surface area contributed by atoms with Crippen LogP contribution in [-0.2, 0) is 0 Å². The fourth-order valence-corrected chi connectivity index (χ4v) is 0.952. The van der Waals surface area contributed by atoms with Gasteiger partial charge in [-0.15, -0.1) is 0 Å². The van der Waals surface area contributed by atoms with Gasteiger partial charge in [0, 0.05) is 21.0 Å². The van der Waals surface area contributed by atoms with Gasteiger partial charge in [-0.1, -0.05) is 24.3 Å². The predicted octanol–water partition coefficient (Wildman–Crippen LogP) is 2.59. The van der Waals surface area contributed by atoms with Gasteiger partial charge in [0.2, 0.25) is 11.8 Å². The molecule has 0 radical (unpaired) electrons. The molecule has 0 aliphatic rings. The summed E-state index contributed by atoms with van der Waals surface area (Å²) in [4.78, 5) is 26.8. The Labute approximate surface area is 88.8 Å². The molecule has 8 heteroatoms. The first-order chi connectivity index (χ1) is 7.69. The van der Waals surface area contributed by atoms with E-state index in [0.717, 1.165) is 0 Å². The molecule has 0 fully saturated rings. The number of hydrogen-bond donors (Lipinski definition) is 0. The van der Waals surface area contributed by atoms with E-state index < -0.39 is 11.8 Å². The summed E-state index contributed by atoms with van der Waals surface area (Å²) >= 11 is 0. The molecule has 0 saturated heterocycles. The minimum atomic E-state index is -0.745. The van der Waals surface area contributed by atoms with Crippen LogP contribution in [0.2, 0.25) is 0 Å². The van der Waals surface area contributed by atoms with Gasteiger partial charge in [-0.05, 0) is 21.3 Å². The molecule has 1 rings (SSSR count). The molecule has 8 nitrogen and oxygen atoms in total. The first-order valence-corrected chi connectivity index (χ1v) is 3.98. The standard InChI is InChI=1S/C8H4N6O2/c9-13-11-7(15)5-1-2-6(4-3-5)8(16)12-14-10/h1-4H. The first-order valence-electron chi connectivity index (χ1n) is 3.98. The average Bonchev–Trinajstić information content (AvgIpc) is 2.30. The molecule has 0 aromatic heterocycles. The van der Waals surface area contributed by atoms with Crippen LogP contribution >= 0.6 is 0 Å². The largest absolute Gasteiger partial charge is 0.287 e. The number of rotatable bonds is 2. The van der Waals surface area contributed by atoms with Gasteiger partial charge in [0.1, 0.15) is 0 Å². The van der Waals surface area contributed by atoms with E-state index in [1.165, 1.54) is 24.3 Å². The summed E-state index contributed by atoms with van der Waals surface area (Å²) in [5.74, 6) is -1.49. The topological polar surface area (TPSA) is 132 Å². The zero-order valence-corrected chi connectivity index (χ0v) is 7.81. The van der Waals surface area contributed by atoms with Crippen LogP contribution in [0, 0.1) is 0 Å². The van der Waals surface area contributed by atoms with Crippen molar-refractivity contribution in [2.75, 3.05) is 0 Å². The van der Waals surface area contributed by atoms with E-state index in [2.05, 4.69) is 20.1 Å². The second kappa shape index (κ2) is 5.16. The lowest BCUT2D eigenvalue weighted by Crippen LogP contribution is -1.97. The van der Waals surface area contributed by atoms with Crippen LogP contribution in [-0.4, -0.2) is 11.8 Å². The maximum absolute atomic E-state index is 11.1. The number of carbonyl (C=O) groups excluding carboxylic acids is 2. The van der Waals surface area contributed by atoms with Crippen molar-refractivity contribution in [2.45, 2.75) is 0 Å². The Bertz CT molecular complexity index is 473. The van der Waals surface area contributed by atoms with E-state index in [1.54, 1.807) is 0 Å². The lowest BCUT2D eigenvalue weighted by atomic mass is 10.1. The fourth-order valence-electron chi connectivity index (χ4n) is 0.952. The number of amides is 2. The van der Waals surface area contributed by atoms with E-state index in [0.29, 0.717) is 0 Å². The van der Waals surface area contributed by atoms with Crippen LogP contribution in [0.3, 0.4) is 0 Å². The van der Waals surface area contributed by atoms with E-state index in [-0.39, 0.29) is 11.1 Å². The van der Waals surface area contributed by atoms with Crippen molar-refractivity contribution in [3.63, 3.8) is 0 Å². The summed E-state index contributed by atoms with van der Waals surface area (Å²) in [7, 11) is 0. The monoisotopic (exact) mass is 216 g/mol. The highest BCUT2D eigenvalue weighted by Gasteiger charge is 2.05. The quantitative estimate of drug-likeness (QED) is 0.427. The van der Waals surface area contributed by atoms with Gasteiger partial charge in [0.25, 0.3) is 0 Å². The normalized spacial score (nSPS) is 8.50. The molecule has 1 aromatic carbocycles. The Balaban J connectivity index is 2.99. The molecule has 0 aliphatic carbocycles. The predicted molar refractivity (Wildman–Crippen MR) is 53.4 cm³/mol. The average molecular weight is 216 g/mol. The highest BCUT2D eigenvalue weighted by molar-refractivity contribution is 5.98. The third-order valence-corrected chi connectivity index (χ3v) is 1.65. The summed E-state index contributed by atoms with van der Waals surface area (Å²) in [6.45, 7) is 0. The Morgan fingerprint density at radius 2 is 1.19 bits per heavy atom. The minimum Gasteiger partial charge on any atom is -0.287 e. The van der Waals surface area contributed by atoms with Gasteiger partial charge >= 0.3 is 0 Å². The van der Waals surface area contributed by atoms with E-state index >= 15 is 0 Å². The van der Waals surface area contributed by atoms with Gasteiger partial charge in [0.05, 0.1) is 0 Å². The van der Waals surface area contributed by atoms with E-state index in [9.17, 15) is 9.59 Å². The molecule has 0 saturated carbocycles. The van der Waals surface area contributed by atoms with Crippen LogP contribution in [0.5, 0.6) is 0 Å². The molecule has 0 aliphatic heterocycles. The maximum Gasteiger partial charge on any atom is 0.249 e. The third-order valence-electron chi connectivity index (χ3n) is 1.65. The molecule has 0 spiro atoms. The van der Waals surface area contributed by atoms with Crippen LogP contribution in [0.4, 0.5) is 0 Å². The Hall–Kier alpha value is -2.82.